The van der Waals surface area contributed by atoms with Crippen LogP contribution in [0.3, 0.4) is 0 Å². The third-order valence-corrected chi connectivity index (χ3v) is 4.81. The highest BCUT2D eigenvalue weighted by Gasteiger charge is 2.23. The van der Waals surface area contributed by atoms with Crippen LogP contribution in [0.15, 0.2) is 18.2 Å². The molecular weight excluding hydrogens is 276 g/mol. The zero-order valence-corrected chi connectivity index (χ0v) is 13.2. The summed E-state index contributed by atoms with van der Waals surface area (Å²) in [5.74, 6) is 0.817. The molecule has 0 atom stereocenters. The van der Waals surface area contributed by atoms with Crippen molar-refractivity contribution in [2.24, 2.45) is 5.92 Å². The van der Waals surface area contributed by atoms with Crippen LogP contribution >= 0.6 is 0 Å². The minimum Gasteiger partial charge on any atom is -0.326 e. The minimum absolute atomic E-state index is 0.0921. The van der Waals surface area contributed by atoms with Crippen LogP contribution < -0.4 is 10.2 Å². The standard InChI is InChI=1S/C18H24N2O2/c1-13-8-9-15(12-16(13)20-10-4-7-18(20)22)19-17(21)11-14-5-2-3-6-14/h8-9,12,14H,2-7,10-11H2,1H3,(H,19,21). The molecule has 0 spiro atoms. The molecule has 0 aromatic heterocycles. The molecule has 1 heterocycles. The van der Waals surface area contributed by atoms with Gasteiger partial charge in [0, 0.05) is 30.8 Å². The molecule has 1 N–H and O–H groups in total. The monoisotopic (exact) mass is 300 g/mol. The summed E-state index contributed by atoms with van der Waals surface area (Å²) in [6.45, 7) is 2.78. The van der Waals surface area contributed by atoms with Crippen molar-refractivity contribution >= 4 is 23.2 Å². The number of nitrogens with zero attached hydrogens (tertiary/aromatic N) is 1. The van der Waals surface area contributed by atoms with Crippen molar-refractivity contribution < 1.29 is 9.59 Å². The number of amides is 2. The van der Waals surface area contributed by atoms with Crippen LogP contribution in [0.25, 0.3) is 0 Å². The normalized spacial score (nSPS) is 19.0. The van der Waals surface area contributed by atoms with E-state index in [0.29, 0.717) is 18.8 Å². The van der Waals surface area contributed by atoms with E-state index in [2.05, 4.69) is 5.32 Å². The smallest absolute Gasteiger partial charge is 0.227 e. The summed E-state index contributed by atoms with van der Waals surface area (Å²) in [6, 6.07) is 5.84. The van der Waals surface area contributed by atoms with Gasteiger partial charge in [-0.3, -0.25) is 9.59 Å². The quantitative estimate of drug-likeness (QED) is 0.923. The lowest BCUT2D eigenvalue weighted by atomic mass is 10.0. The lowest BCUT2D eigenvalue weighted by molar-refractivity contribution is -0.117. The number of rotatable bonds is 4. The molecule has 1 aromatic rings. The number of nitrogens with one attached hydrogen (secondary N) is 1. The van der Waals surface area contributed by atoms with Crippen LogP contribution in [-0.2, 0) is 9.59 Å². The van der Waals surface area contributed by atoms with Crippen molar-refractivity contribution in [3.05, 3.63) is 23.8 Å². The molecule has 118 valence electrons. The number of hydrogen-bond acceptors (Lipinski definition) is 2. The van der Waals surface area contributed by atoms with Gasteiger partial charge in [-0.1, -0.05) is 18.9 Å². The first-order valence-electron chi connectivity index (χ1n) is 8.34. The van der Waals surface area contributed by atoms with Gasteiger partial charge < -0.3 is 10.2 Å². The highest BCUT2D eigenvalue weighted by Crippen LogP contribution is 2.30. The number of aryl methyl sites for hydroxylation is 1. The Morgan fingerprint density at radius 3 is 2.73 bits per heavy atom. The Balaban J connectivity index is 1.68. The first kappa shape index (κ1) is 15.1. The second-order valence-corrected chi connectivity index (χ2v) is 6.55. The lowest BCUT2D eigenvalue weighted by Crippen LogP contribution is -2.24. The first-order chi connectivity index (χ1) is 10.6. The molecule has 4 nitrogen and oxygen atoms in total. The SMILES string of the molecule is Cc1ccc(NC(=O)CC2CCCC2)cc1N1CCCC1=O. The van der Waals surface area contributed by atoms with Crippen molar-refractivity contribution in [1.29, 1.82) is 0 Å². The molecule has 1 aromatic carbocycles. The van der Waals surface area contributed by atoms with E-state index in [1.807, 2.05) is 30.0 Å². The van der Waals surface area contributed by atoms with Gasteiger partial charge in [0.05, 0.1) is 0 Å². The fourth-order valence-corrected chi connectivity index (χ4v) is 3.57. The third-order valence-electron chi connectivity index (χ3n) is 4.81. The third kappa shape index (κ3) is 3.32. The highest BCUT2D eigenvalue weighted by atomic mass is 16.2. The van der Waals surface area contributed by atoms with E-state index in [0.717, 1.165) is 29.9 Å². The maximum atomic E-state index is 12.2. The van der Waals surface area contributed by atoms with Gasteiger partial charge >= 0.3 is 0 Å². The summed E-state index contributed by atoms with van der Waals surface area (Å²) in [5.41, 5.74) is 2.80. The summed E-state index contributed by atoms with van der Waals surface area (Å²) >= 11 is 0. The van der Waals surface area contributed by atoms with Crippen molar-refractivity contribution in [2.45, 2.75) is 51.9 Å². The van der Waals surface area contributed by atoms with Gasteiger partial charge in [0.1, 0.15) is 0 Å². The molecule has 4 heteroatoms. The topological polar surface area (TPSA) is 49.4 Å². The lowest BCUT2D eigenvalue weighted by Gasteiger charge is -2.19. The van der Waals surface area contributed by atoms with E-state index in [9.17, 15) is 9.59 Å². The highest BCUT2D eigenvalue weighted by molar-refractivity contribution is 5.97. The number of anilines is 2. The molecule has 2 fully saturated rings. The number of carbonyl (C=O) groups is 2. The minimum atomic E-state index is 0.0921. The van der Waals surface area contributed by atoms with Crippen molar-refractivity contribution in [2.75, 3.05) is 16.8 Å². The van der Waals surface area contributed by atoms with E-state index >= 15 is 0 Å². The van der Waals surface area contributed by atoms with E-state index in [-0.39, 0.29) is 11.8 Å². The van der Waals surface area contributed by atoms with Gasteiger partial charge in [-0.25, -0.2) is 0 Å². The molecule has 1 saturated heterocycles. The Kier molecular flexibility index (Phi) is 4.46. The molecule has 1 aliphatic carbocycles. The molecule has 3 rings (SSSR count). The molecule has 0 bridgehead atoms. The molecule has 2 aliphatic rings. The average molecular weight is 300 g/mol. The van der Waals surface area contributed by atoms with Crippen LogP contribution in [0.1, 0.15) is 50.5 Å². The fourth-order valence-electron chi connectivity index (χ4n) is 3.57. The number of carbonyl (C=O) groups excluding carboxylic acids is 2. The predicted molar refractivity (Wildman–Crippen MR) is 88.0 cm³/mol. The molecule has 1 aliphatic heterocycles. The van der Waals surface area contributed by atoms with Crippen molar-refractivity contribution in [3.63, 3.8) is 0 Å². The van der Waals surface area contributed by atoms with Gasteiger partial charge in [0.25, 0.3) is 0 Å². The Labute approximate surface area is 131 Å². The summed E-state index contributed by atoms with van der Waals surface area (Å²) in [4.78, 5) is 25.9. The maximum Gasteiger partial charge on any atom is 0.227 e. The van der Waals surface area contributed by atoms with Crippen LogP contribution in [0.2, 0.25) is 0 Å². The van der Waals surface area contributed by atoms with E-state index < -0.39 is 0 Å². The number of hydrogen-bond donors (Lipinski definition) is 1. The van der Waals surface area contributed by atoms with Gasteiger partial charge in [0.15, 0.2) is 0 Å². The first-order valence-corrected chi connectivity index (χ1v) is 8.34. The molecule has 0 radical (unpaired) electrons. The predicted octanol–water partition coefficient (Wildman–Crippen LogP) is 3.64. The fraction of sp³-hybridized carbons (Fsp3) is 0.556. The van der Waals surface area contributed by atoms with Crippen LogP contribution in [0.4, 0.5) is 11.4 Å². The van der Waals surface area contributed by atoms with Crippen molar-refractivity contribution in [1.82, 2.24) is 0 Å². The van der Waals surface area contributed by atoms with Crippen LogP contribution in [-0.4, -0.2) is 18.4 Å². The largest absolute Gasteiger partial charge is 0.326 e. The van der Waals surface area contributed by atoms with Crippen LogP contribution in [0.5, 0.6) is 0 Å². The Bertz CT molecular complexity index is 576. The number of benzene rings is 1. The van der Waals surface area contributed by atoms with Crippen molar-refractivity contribution in [3.8, 4) is 0 Å². The van der Waals surface area contributed by atoms with E-state index in [1.54, 1.807) is 0 Å². The van der Waals surface area contributed by atoms with Gasteiger partial charge in [-0.2, -0.15) is 0 Å². The molecular formula is C18H24N2O2. The summed E-state index contributed by atoms with van der Waals surface area (Å²) in [5, 5.41) is 3.00. The van der Waals surface area contributed by atoms with E-state index in [1.165, 1.54) is 25.7 Å². The molecule has 1 saturated carbocycles. The van der Waals surface area contributed by atoms with Gasteiger partial charge in [0.2, 0.25) is 11.8 Å². The van der Waals surface area contributed by atoms with Crippen LogP contribution in [0, 0.1) is 12.8 Å². The zero-order chi connectivity index (χ0) is 15.5. The summed E-state index contributed by atoms with van der Waals surface area (Å²) < 4.78 is 0. The summed E-state index contributed by atoms with van der Waals surface area (Å²) in [6.07, 6.45) is 7.01. The second kappa shape index (κ2) is 6.51. The van der Waals surface area contributed by atoms with E-state index in [4.69, 9.17) is 0 Å². The Morgan fingerprint density at radius 2 is 2.05 bits per heavy atom. The Hall–Kier alpha value is -1.84. The average Bonchev–Trinajstić information content (AvgIpc) is 3.13. The molecule has 2 amide bonds. The zero-order valence-electron chi connectivity index (χ0n) is 13.2. The second-order valence-electron chi connectivity index (χ2n) is 6.55. The van der Waals surface area contributed by atoms with Gasteiger partial charge in [-0.15, -0.1) is 0 Å². The molecule has 22 heavy (non-hydrogen) atoms. The summed E-state index contributed by atoms with van der Waals surface area (Å²) in [7, 11) is 0. The van der Waals surface area contributed by atoms with Gasteiger partial charge in [-0.05, 0) is 49.8 Å². The molecule has 0 unspecified atom stereocenters. The Morgan fingerprint density at radius 1 is 1.27 bits per heavy atom. The maximum absolute atomic E-state index is 12.2.